The molecule has 70 valence electrons. The highest BCUT2D eigenvalue weighted by Crippen LogP contribution is 2.44. The fourth-order valence-electron chi connectivity index (χ4n) is 2.57. The summed E-state index contributed by atoms with van der Waals surface area (Å²) in [5.74, 6) is 1.29. The van der Waals surface area contributed by atoms with E-state index in [1.807, 2.05) is 0 Å². The minimum absolute atomic E-state index is 0.117. The van der Waals surface area contributed by atoms with E-state index in [4.69, 9.17) is 10.7 Å². The lowest BCUT2D eigenvalue weighted by Crippen LogP contribution is -2.35. The molecule has 0 aromatic heterocycles. The van der Waals surface area contributed by atoms with E-state index in [2.05, 4.69) is 4.72 Å². The van der Waals surface area contributed by atoms with Crippen molar-refractivity contribution in [3.8, 4) is 0 Å². The van der Waals surface area contributed by atoms with Crippen molar-refractivity contribution in [2.75, 3.05) is 0 Å². The second-order valence-corrected chi connectivity index (χ2v) is 6.17. The molecule has 0 unspecified atom stereocenters. The van der Waals surface area contributed by atoms with Gasteiger partial charge < -0.3 is 0 Å². The number of fused-ring (bicyclic) bond motifs is 2. The van der Waals surface area contributed by atoms with E-state index in [-0.39, 0.29) is 6.04 Å². The van der Waals surface area contributed by atoms with Crippen LogP contribution in [-0.2, 0) is 9.24 Å². The molecule has 0 spiro atoms. The van der Waals surface area contributed by atoms with Crippen LogP contribution in [0, 0.1) is 11.8 Å². The summed E-state index contributed by atoms with van der Waals surface area (Å²) in [5.41, 5.74) is 0. The molecule has 12 heavy (non-hydrogen) atoms. The number of hydrogen-bond donors (Lipinski definition) is 1. The average molecular weight is 210 g/mol. The predicted octanol–water partition coefficient (Wildman–Crippen LogP) is 1.25. The van der Waals surface area contributed by atoms with E-state index in [1.165, 1.54) is 12.8 Å². The van der Waals surface area contributed by atoms with Crippen LogP contribution >= 0.6 is 10.7 Å². The maximum absolute atomic E-state index is 10.7. The van der Waals surface area contributed by atoms with Crippen LogP contribution in [0.4, 0.5) is 0 Å². The Hall–Kier alpha value is 0.200. The first-order valence-corrected chi connectivity index (χ1v) is 6.57. The summed E-state index contributed by atoms with van der Waals surface area (Å²) in [6.45, 7) is 0. The van der Waals surface area contributed by atoms with Crippen molar-refractivity contribution in [3.63, 3.8) is 0 Å². The molecule has 2 rings (SSSR count). The van der Waals surface area contributed by atoms with Gasteiger partial charge in [0.05, 0.1) is 0 Å². The van der Waals surface area contributed by atoms with Gasteiger partial charge in [0, 0.05) is 16.7 Å². The normalized spacial score (nSPS) is 40.6. The molecule has 0 radical (unpaired) electrons. The van der Waals surface area contributed by atoms with Gasteiger partial charge in [-0.25, -0.2) is 0 Å². The highest BCUT2D eigenvalue weighted by Gasteiger charge is 2.40. The number of halogens is 1. The molecular formula is C7H12ClNO2S. The Morgan fingerprint density at radius 2 is 2.00 bits per heavy atom. The smallest absolute Gasteiger partial charge is 0.199 e. The van der Waals surface area contributed by atoms with Crippen LogP contribution < -0.4 is 4.72 Å². The van der Waals surface area contributed by atoms with Crippen LogP contribution in [0.1, 0.15) is 25.7 Å². The largest absolute Gasteiger partial charge is 0.297 e. The fraction of sp³-hybridized carbons (Fsp3) is 1.00. The van der Waals surface area contributed by atoms with Crippen molar-refractivity contribution < 1.29 is 8.42 Å². The minimum Gasteiger partial charge on any atom is -0.199 e. The molecule has 2 aliphatic carbocycles. The molecule has 0 aromatic carbocycles. The van der Waals surface area contributed by atoms with Gasteiger partial charge in [0.25, 0.3) is 9.24 Å². The fourth-order valence-corrected chi connectivity index (χ4v) is 3.56. The Labute approximate surface area is 77.0 Å². The Morgan fingerprint density at radius 3 is 2.42 bits per heavy atom. The lowest BCUT2D eigenvalue weighted by atomic mass is 9.96. The maximum Gasteiger partial charge on any atom is 0.297 e. The summed E-state index contributed by atoms with van der Waals surface area (Å²) >= 11 is 0. The van der Waals surface area contributed by atoms with Gasteiger partial charge in [-0.3, -0.25) is 0 Å². The molecule has 0 heterocycles. The first-order valence-electron chi connectivity index (χ1n) is 4.26. The molecule has 3 atom stereocenters. The van der Waals surface area contributed by atoms with Crippen molar-refractivity contribution in [2.24, 2.45) is 11.8 Å². The van der Waals surface area contributed by atoms with Crippen LogP contribution in [0.25, 0.3) is 0 Å². The zero-order valence-corrected chi connectivity index (χ0v) is 8.24. The van der Waals surface area contributed by atoms with Crippen molar-refractivity contribution >= 4 is 19.9 Å². The summed E-state index contributed by atoms with van der Waals surface area (Å²) in [4.78, 5) is 0. The molecule has 2 fully saturated rings. The van der Waals surface area contributed by atoms with Crippen LogP contribution in [0.3, 0.4) is 0 Å². The van der Waals surface area contributed by atoms with E-state index in [0.29, 0.717) is 5.92 Å². The average Bonchev–Trinajstić information content (AvgIpc) is 2.42. The number of hydrogen-bond acceptors (Lipinski definition) is 2. The standard InChI is InChI=1S/C7H12ClNO2S/c8-12(10,11)9-7-4-5-1-2-6(7)3-5/h5-7,9H,1-4H2/t5-,6+,7-/m0/s1. The summed E-state index contributed by atoms with van der Waals surface area (Å²) in [6.07, 6.45) is 4.60. The second kappa shape index (κ2) is 2.86. The molecule has 0 aromatic rings. The SMILES string of the molecule is O=S(=O)(Cl)N[C@H]1C[C@H]2CC[C@@H]1C2. The lowest BCUT2D eigenvalue weighted by Gasteiger charge is -2.20. The van der Waals surface area contributed by atoms with E-state index in [0.717, 1.165) is 18.8 Å². The highest BCUT2D eigenvalue weighted by molar-refractivity contribution is 8.12. The Balaban J connectivity index is 2.00. The molecule has 3 nitrogen and oxygen atoms in total. The lowest BCUT2D eigenvalue weighted by molar-refractivity contribution is 0.392. The molecule has 0 aliphatic heterocycles. The van der Waals surface area contributed by atoms with Gasteiger partial charge in [0.15, 0.2) is 0 Å². The third-order valence-electron chi connectivity index (χ3n) is 3.03. The van der Waals surface area contributed by atoms with E-state index in [9.17, 15) is 8.42 Å². The van der Waals surface area contributed by atoms with E-state index in [1.54, 1.807) is 0 Å². The van der Waals surface area contributed by atoms with Crippen LogP contribution in [0.5, 0.6) is 0 Å². The maximum atomic E-state index is 10.7. The van der Waals surface area contributed by atoms with E-state index >= 15 is 0 Å². The first kappa shape index (κ1) is 8.78. The summed E-state index contributed by atoms with van der Waals surface area (Å²) < 4.78 is 23.9. The predicted molar refractivity (Wildman–Crippen MR) is 47.1 cm³/mol. The monoisotopic (exact) mass is 209 g/mol. The van der Waals surface area contributed by atoms with Crippen LogP contribution in [0.2, 0.25) is 0 Å². The molecular weight excluding hydrogens is 198 g/mol. The Kier molecular flexibility index (Phi) is 2.09. The first-order chi connectivity index (χ1) is 5.54. The van der Waals surface area contributed by atoms with Crippen molar-refractivity contribution in [3.05, 3.63) is 0 Å². The molecule has 2 bridgehead atoms. The van der Waals surface area contributed by atoms with Gasteiger partial charge in [-0.2, -0.15) is 13.1 Å². The van der Waals surface area contributed by atoms with Crippen molar-refractivity contribution in [2.45, 2.75) is 31.7 Å². The topological polar surface area (TPSA) is 46.2 Å². The number of nitrogens with one attached hydrogen (secondary N) is 1. The van der Waals surface area contributed by atoms with Gasteiger partial charge in [0.1, 0.15) is 0 Å². The highest BCUT2D eigenvalue weighted by atomic mass is 35.7. The van der Waals surface area contributed by atoms with Crippen LogP contribution in [0.15, 0.2) is 0 Å². The summed E-state index contributed by atoms with van der Waals surface area (Å²) in [5, 5.41) is 0. The van der Waals surface area contributed by atoms with Gasteiger partial charge in [-0.05, 0) is 31.1 Å². The molecule has 2 aliphatic rings. The van der Waals surface area contributed by atoms with Crippen molar-refractivity contribution in [1.29, 1.82) is 0 Å². The third-order valence-corrected chi connectivity index (χ3v) is 3.88. The molecule has 5 heteroatoms. The molecule has 0 amide bonds. The minimum atomic E-state index is -3.51. The van der Waals surface area contributed by atoms with Gasteiger partial charge in [-0.15, -0.1) is 0 Å². The summed E-state index contributed by atoms with van der Waals surface area (Å²) in [7, 11) is 1.60. The van der Waals surface area contributed by atoms with Gasteiger partial charge >= 0.3 is 0 Å². The summed E-state index contributed by atoms with van der Waals surface area (Å²) in [6, 6.07) is 0.117. The van der Waals surface area contributed by atoms with Gasteiger partial charge in [0.2, 0.25) is 0 Å². The van der Waals surface area contributed by atoms with Gasteiger partial charge in [-0.1, -0.05) is 6.42 Å². The second-order valence-electron chi connectivity index (χ2n) is 3.84. The molecule has 2 saturated carbocycles. The molecule has 0 saturated heterocycles. The Bertz CT molecular complexity index is 277. The quantitative estimate of drug-likeness (QED) is 0.696. The zero-order chi connectivity index (χ0) is 8.77. The van der Waals surface area contributed by atoms with Crippen molar-refractivity contribution in [1.82, 2.24) is 4.72 Å². The third kappa shape index (κ3) is 1.75. The Morgan fingerprint density at radius 1 is 1.25 bits per heavy atom. The zero-order valence-electron chi connectivity index (χ0n) is 6.66. The number of rotatable bonds is 2. The van der Waals surface area contributed by atoms with E-state index < -0.39 is 9.24 Å². The molecule has 1 N–H and O–H groups in total. The van der Waals surface area contributed by atoms with Crippen LogP contribution in [-0.4, -0.2) is 14.5 Å².